The monoisotopic (exact) mass is 251 g/mol. The first kappa shape index (κ1) is 8.20. The molecule has 1 unspecified atom stereocenters. The second kappa shape index (κ2) is 4.01. The number of carbonyl (C=O) groups is 1. The van der Waals surface area contributed by atoms with Gasteiger partial charge in [-0.15, -0.1) is 0 Å². The second-order valence-corrected chi connectivity index (χ2v) is 2.97. The van der Waals surface area contributed by atoms with Crippen LogP contribution in [-0.2, 0) is 0 Å². The van der Waals surface area contributed by atoms with E-state index in [0.717, 1.165) is 6.07 Å². The van der Waals surface area contributed by atoms with Gasteiger partial charge in [-0.2, -0.15) is 0 Å². The van der Waals surface area contributed by atoms with Crippen LogP contribution in [0.25, 0.3) is 0 Å². The minimum absolute atomic E-state index is 0.112. The van der Waals surface area contributed by atoms with E-state index in [9.17, 15) is 9.18 Å². The summed E-state index contributed by atoms with van der Waals surface area (Å²) in [4.78, 5) is 11.2. The van der Waals surface area contributed by atoms with Crippen molar-refractivity contribution in [3.8, 4) is 0 Å². The smallest absolute Gasteiger partial charge is 0.173 e. The maximum Gasteiger partial charge on any atom is 0.173 e. The predicted molar refractivity (Wildman–Crippen MR) is 49.5 cm³/mol. The van der Waals surface area contributed by atoms with Crippen LogP contribution in [0.5, 0.6) is 0 Å². The predicted octanol–water partition coefficient (Wildman–Crippen LogP) is 3.06. The molecule has 1 nitrogen and oxygen atoms in total. The SMILES string of the molecule is [2H]C(Br)C(=O)c1ccc(F)c(Cl)c1. The van der Waals surface area contributed by atoms with Crippen LogP contribution in [0.4, 0.5) is 4.39 Å². The third-order valence-electron chi connectivity index (χ3n) is 1.30. The first-order valence-corrected chi connectivity index (χ1v) is 4.37. The van der Waals surface area contributed by atoms with Gasteiger partial charge in [0, 0.05) is 6.93 Å². The minimum atomic E-state index is -1.03. The van der Waals surface area contributed by atoms with Crippen LogP contribution in [0.1, 0.15) is 11.7 Å². The number of carbonyl (C=O) groups excluding carboxylic acids is 1. The summed E-state index contributed by atoms with van der Waals surface area (Å²) in [6.07, 6.45) is 0. The number of Topliss-reactive ketones (excluding diaryl/α,β-unsaturated/α-hetero) is 1. The molecule has 0 radical (unpaired) electrons. The third-order valence-corrected chi connectivity index (χ3v) is 2.01. The highest BCUT2D eigenvalue weighted by atomic mass is 79.9. The fourth-order valence-corrected chi connectivity index (χ4v) is 1.16. The quantitative estimate of drug-likeness (QED) is 0.584. The molecule has 12 heavy (non-hydrogen) atoms. The Kier molecular flexibility index (Phi) is 2.74. The van der Waals surface area contributed by atoms with Crippen LogP contribution in [0, 0.1) is 5.82 Å². The Bertz CT molecular complexity index is 343. The molecule has 0 bridgehead atoms. The van der Waals surface area contributed by atoms with Gasteiger partial charge in [0.05, 0.1) is 10.3 Å². The number of benzene rings is 1. The zero-order valence-electron chi connectivity index (χ0n) is 6.85. The van der Waals surface area contributed by atoms with Crippen LogP contribution in [0.2, 0.25) is 5.02 Å². The van der Waals surface area contributed by atoms with Gasteiger partial charge >= 0.3 is 0 Å². The number of halogens is 3. The van der Waals surface area contributed by atoms with E-state index in [1.165, 1.54) is 12.1 Å². The summed E-state index contributed by atoms with van der Waals surface area (Å²) in [6, 6.07) is 3.61. The molecule has 1 atom stereocenters. The summed E-state index contributed by atoms with van der Waals surface area (Å²) < 4.78 is 19.7. The Morgan fingerprint density at radius 3 is 2.92 bits per heavy atom. The maximum absolute atomic E-state index is 12.7. The van der Waals surface area contributed by atoms with Gasteiger partial charge in [0.15, 0.2) is 5.78 Å². The molecule has 0 aromatic heterocycles. The van der Waals surface area contributed by atoms with Crippen LogP contribution in [-0.4, -0.2) is 11.1 Å². The molecule has 0 N–H and O–H groups in total. The van der Waals surface area contributed by atoms with Gasteiger partial charge in [0.1, 0.15) is 5.82 Å². The maximum atomic E-state index is 12.7. The van der Waals surface area contributed by atoms with Crippen LogP contribution in [0.15, 0.2) is 18.2 Å². The third kappa shape index (κ3) is 2.05. The number of ketones is 1. The zero-order valence-corrected chi connectivity index (χ0v) is 8.19. The topological polar surface area (TPSA) is 17.1 Å². The van der Waals surface area contributed by atoms with Gasteiger partial charge in [-0.1, -0.05) is 27.5 Å². The van der Waals surface area contributed by atoms with E-state index in [0.29, 0.717) is 0 Å². The number of hydrogen-bond acceptors (Lipinski definition) is 1. The number of alkyl halides is 1. The lowest BCUT2D eigenvalue weighted by Gasteiger charge is -1.98. The number of hydrogen-bond donors (Lipinski definition) is 0. The molecule has 0 fully saturated rings. The Balaban J connectivity index is 3.04. The molecular weight excluding hydrogens is 246 g/mol. The van der Waals surface area contributed by atoms with Gasteiger partial charge in [-0.25, -0.2) is 4.39 Å². The molecule has 4 heteroatoms. The minimum Gasteiger partial charge on any atom is -0.293 e. The van der Waals surface area contributed by atoms with Crippen LogP contribution < -0.4 is 0 Å². The van der Waals surface area contributed by atoms with Gasteiger partial charge in [-0.05, 0) is 18.2 Å². The van der Waals surface area contributed by atoms with E-state index in [2.05, 4.69) is 15.9 Å². The molecule has 64 valence electrons. The molecular formula is C8H5BrClFO. The highest BCUT2D eigenvalue weighted by molar-refractivity contribution is 9.09. The first-order chi connectivity index (χ1) is 6.02. The average Bonchev–Trinajstić information content (AvgIpc) is 2.08. The summed E-state index contributed by atoms with van der Waals surface area (Å²) in [5, 5.41) is -1.15. The second-order valence-electron chi connectivity index (χ2n) is 2.10. The van der Waals surface area contributed by atoms with Crippen molar-refractivity contribution in [3.05, 3.63) is 34.6 Å². The van der Waals surface area contributed by atoms with Gasteiger partial charge in [0.25, 0.3) is 0 Å². The Morgan fingerprint density at radius 2 is 2.42 bits per heavy atom. The van der Waals surface area contributed by atoms with E-state index in [4.69, 9.17) is 13.0 Å². The zero-order chi connectivity index (χ0) is 10.0. The first-order valence-electron chi connectivity index (χ1n) is 3.65. The lowest BCUT2D eigenvalue weighted by atomic mass is 10.1. The van der Waals surface area contributed by atoms with Crippen molar-refractivity contribution in [2.24, 2.45) is 0 Å². The molecule has 1 aromatic carbocycles. The van der Waals surface area contributed by atoms with Gasteiger partial charge in [0.2, 0.25) is 0 Å². The highest BCUT2D eigenvalue weighted by Gasteiger charge is 2.06. The standard InChI is InChI=1S/C8H5BrClFO/c9-4-8(12)5-1-2-7(11)6(10)3-5/h1-3H,4H2/i4D. The molecule has 1 rings (SSSR count). The van der Waals surface area contributed by atoms with Crippen LogP contribution in [0.3, 0.4) is 0 Å². The fraction of sp³-hybridized carbons (Fsp3) is 0.125. The molecule has 0 heterocycles. The van der Waals surface area contributed by atoms with Crippen molar-refractivity contribution in [1.29, 1.82) is 0 Å². The largest absolute Gasteiger partial charge is 0.293 e. The molecule has 0 spiro atoms. The van der Waals surface area contributed by atoms with Crippen molar-refractivity contribution in [2.45, 2.75) is 0 Å². The fourth-order valence-electron chi connectivity index (χ4n) is 0.712. The van der Waals surface area contributed by atoms with E-state index in [-0.39, 0.29) is 10.6 Å². The lowest BCUT2D eigenvalue weighted by molar-refractivity contribution is 0.102. The summed E-state index contributed by atoms with van der Waals surface area (Å²) in [7, 11) is 0. The Morgan fingerprint density at radius 1 is 1.75 bits per heavy atom. The van der Waals surface area contributed by atoms with Gasteiger partial charge in [-0.3, -0.25) is 4.79 Å². The molecule has 0 aliphatic carbocycles. The van der Waals surface area contributed by atoms with Gasteiger partial charge < -0.3 is 0 Å². The Labute approximate surface area is 84.1 Å². The van der Waals surface area contributed by atoms with Crippen LogP contribution >= 0.6 is 27.5 Å². The van der Waals surface area contributed by atoms with Crippen molar-refractivity contribution < 1.29 is 10.6 Å². The average molecular weight is 252 g/mol. The number of rotatable bonds is 2. The van der Waals surface area contributed by atoms with Crippen molar-refractivity contribution >= 4 is 33.3 Å². The Hall–Kier alpha value is -0.410. The highest BCUT2D eigenvalue weighted by Crippen LogP contribution is 2.16. The molecule has 0 amide bonds. The van der Waals surface area contributed by atoms with E-state index in [1.807, 2.05) is 0 Å². The normalized spacial score (nSPS) is 13.8. The van der Waals surface area contributed by atoms with E-state index in [1.54, 1.807) is 0 Å². The molecule has 0 saturated carbocycles. The molecule has 0 aliphatic heterocycles. The van der Waals surface area contributed by atoms with Crippen molar-refractivity contribution in [1.82, 2.24) is 0 Å². The van der Waals surface area contributed by atoms with E-state index >= 15 is 0 Å². The molecule has 0 saturated heterocycles. The van der Waals surface area contributed by atoms with E-state index < -0.39 is 16.9 Å². The summed E-state index contributed by atoms with van der Waals surface area (Å²) in [5.74, 6) is -1.02. The molecule has 0 aliphatic rings. The summed E-state index contributed by atoms with van der Waals surface area (Å²) >= 11 is 8.26. The molecule has 1 aromatic rings. The van der Waals surface area contributed by atoms with Crippen molar-refractivity contribution in [2.75, 3.05) is 5.31 Å². The van der Waals surface area contributed by atoms with Crippen molar-refractivity contribution in [3.63, 3.8) is 0 Å². The lowest BCUT2D eigenvalue weighted by Crippen LogP contribution is -1.99. The summed E-state index contributed by atoms with van der Waals surface area (Å²) in [6.45, 7) is 0. The summed E-state index contributed by atoms with van der Waals surface area (Å²) in [5.41, 5.74) is 0.225.